The number of anilines is 1. The molecule has 2 N–H and O–H groups in total. The number of esters is 1. The first-order valence-electron chi connectivity index (χ1n) is 7.38. The van der Waals surface area contributed by atoms with E-state index in [0.29, 0.717) is 16.3 Å². The van der Waals surface area contributed by atoms with Gasteiger partial charge in [0.1, 0.15) is 5.00 Å². The number of hydrogen-bond donors (Lipinski definition) is 2. The van der Waals surface area contributed by atoms with Gasteiger partial charge in [0.15, 0.2) is 0 Å². The van der Waals surface area contributed by atoms with E-state index in [9.17, 15) is 9.59 Å². The highest BCUT2D eigenvalue weighted by atomic mass is 32.2. The molecular weight excluding hydrogens is 322 g/mol. The number of hydrogen-bond acceptors (Lipinski definition) is 6. The van der Waals surface area contributed by atoms with E-state index >= 15 is 0 Å². The quantitative estimate of drug-likeness (QED) is 0.471. The van der Waals surface area contributed by atoms with E-state index in [1.165, 1.54) is 41.5 Å². The molecule has 0 fully saturated rings. The van der Waals surface area contributed by atoms with E-state index in [2.05, 4.69) is 5.32 Å². The summed E-state index contributed by atoms with van der Waals surface area (Å²) in [5.74, 6) is 0.264. The van der Waals surface area contributed by atoms with Crippen LogP contribution in [0.5, 0.6) is 0 Å². The van der Waals surface area contributed by atoms with Crippen molar-refractivity contribution in [1.82, 2.24) is 0 Å². The second kappa shape index (κ2) is 8.55. The minimum Gasteiger partial charge on any atom is -0.465 e. The number of ether oxygens (including phenoxy) is 1. The molecule has 7 heteroatoms. The summed E-state index contributed by atoms with van der Waals surface area (Å²) in [6.45, 7) is 0.0542. The Morgan fingerprint density at radius 1 is 1.32 bits per heavy atom. The molecule has 22 heavy (non-hydrogen) atoms. The number of carbonyl (C=O) groups is 2. The third kappa shape index (κ3) is 4.24. The monoisotopic (exact) mass is 343 g/mol. The van der Waals surface area contributed by atoms with Crippen LogP contribution in [0.25, 0.3) is 0 Å². The van der Waals surface area contributed by atoms with Crippen molar-refractivity contribution in [3.8, 4) is 0 Å². The van der Waals surface area contributed by atoms with E-state index in [0.717, 1.165) is 31.2 Å². The van der Waals surface area contributed by atoms with Gasteiger partial charge in [0.2, 0.25) is 5.91 Å². The summed E-state index contributed by atoms with van der Waals surface area (Å²) in [7, 11) is 1.37. The van der Waals surface area contributed by atoms with Crippen LogP contribution in [0, 0.1) is 0 Å². The Balaban J connectivity index is 2.19. The summed E-state index contributed by atoms with van der Waals surface area (Å²) in [6, 6.07) is 0. The molecule has 0 unspecified atom stereocenters. The molecule has 0 aliphatic heterocycles. The average molecular weight is 343 g/mol. The Labute approximate surface area is 138 Å². The lowest BCUT2D eigenvalue weighted by molar-refractivity contribution is -0.113. The highest BCUT2D eigenvalue weighted by Crippen LogP contribution is 2.37. The first kappa shape index (κ1) is 17.3. The number of nitrogens with one attached hydrogen (secondary N) is 1. The number of aliphatic hydroxyl groups is 1. The molecule has 0 radical (unpaired) electrons. The number of thioether (sulfide) groups is 1. The van der Waals surface area contributed by atoms with E-state index < -0.39 is 0 Å². The maximum Gasteiger partial charge on any atom is 0.341 e. The predicted octanol–water partition coefficient (Wildman–Crippen LogP) is 2.47. The second-order valence-corrected chi connectivity index (χ2v) is 7.29. The molecule has 1 heterocycles. The van der Waals surface area contributed by atoms with E-state index in [-0.39, 0.29) is 24.2 Å². The van der Waals surface area contributed by atoms with Crippen LogP contribution < -0.4 is 5.32 Å². The Bertz CT molecular complexity index is 542. The van der Waals surface area contributed by atoms with Gasteiger partial charge in [-0.05, 0) is 31.2 Å². The third-order valence-electron chi connectivity index (χ3n) is 3.53. The highest BCUT2D eigenvalue weighted by Gasteiger charge is 2.26. The molecule has 1 aromatic heterocycles. The van der Waals surface area contributed by atoms with Crippen LogP contribution in [0.3, 0.4) is 0 Å². The summed E-state index contributed by atoms with van der Waals surface area (Å²) in [4.78, 5) is 25.3. The van der Waals surface area contributed by atoms with Gasteiger partial charge in [0, 0.05) is 10.6 Å². The molecule has 0 spiro atoms. The number of fused-ring (bicyclic) bond motifs is 1. The largest absolute Gasteiger partial charge is 0.465 e. The Morgan fingerprint density at radius 3 is 2.82 bits per heavy atom. The normalized spacial score (nSPS) is 14.1. The predicted molar refractivity (Wildman–Crippen MR) is 90.0 cm³/mol. The summed E-state index contributed by atoms with van der Waals surface area (Å²) >= 11 is 2.86. The van der Waals surface area contributed by atoms with Gasteiger partial charge in [-0.15, -0.1) is 23.1 Å². The number of aliphatic hydroxyl groups excluding tert-OH is 1. The van der Waals surface area contributed by atoms with Gasteiger partial charge in [-0.25, -0.2) is 4.79 Å². The van der Waals surface area contributed by atoms with Crippen molar-refractivity contribution in [1.29, 1.82) is 0 Å². The summed E-state index contributed by atoms with van der Waals surface area (Å²) < 4.78 is 4.90. The van der Waals surface area contributed by atoms with E-state index in [1.807, 2.05) is 0 Å². The van der Waals surface area contributed by atoms with Gasteiger partial charge in [0.25, 0.3) is 0 Å². The highest BCUT2D eigenvalue weighted by molar-refractivity contribution is 7.99. The zero-order valence-corrected chi connectivity index (χ0v) is 14.3. The van der Waals surface area contributed by atoms with Gasteiger partial charge in [-0.2, -0.15) is 0 Å². The number of amides is 1. The van der Waals surface area contributed by atoms with Crippen LogP contribution in [0.2, 0.25) is 0 Å². The molecule has 0 aromatic carbocycles. The minimum atomic E-state index is -0.377. The number of methoxy groups -OCH3 is 1. The van der Waals surface area contributed by atoms with Crippen molar-refractivity contribution in [3.05, 3.63) is 16.0 Å². The summed E-state index contributed by atoms with van der Waals surface area (Å²) in [6.07, 6.45) is 5.17. The van der Waals surface area contributed by atoms with Crippen LogP contribution in [0.1, 0.15) is 40.1 Å². The molecule has 1 aromatic rings. The third-order valence-corrected chi connectivity index (χ3v) is 5.68. The molecule has 5 nitrogen and oxygen atoms in total. The molecule has 0 saturated heterocycles. The van der Waals surface area contributed by atoms with Crippen LogP contribution in [-0.2, 0) is 22.4 Å². The van der Waals surface area contributed by atoms with Crippen molar-refractivity contribution in [2.45, 2.75) is 32.1 Å². The SMILES string of the molecule is COC(=O)c1c(NC(=O)CSCCO)sc2c1CCCCC2. The van der Waals surface area contributed by atoms with Gasteiger partial charge in [-0.3, -0.25) is 4.79 Å². The summed E-state index contributed by atoms with van der Waals surface area (Å²) in [5, 5.41) is 12.2. The molecular formula is C15H21NO4S2. The summed E-state index contributed by atoms with van der Waals surface area (Å²) in [5.41, 5.74) is 1.58. The number of thiophene rings is 1. The van der Waals surface area contributed by atoms with Crippen molar-refractivity contribution in [3.63, 3.8) is 0 Å². The Morgan fingerprint density at radius 2 is 2.09 bits per heavy atom. The van der Waals surface area contributed by atoms with Crippen molar-refractivity contribution < 1.29 is 19.4 Å². The fourth-order valence-corrected chi connectivity index (χ4v) is 4.37. The lowest BCUT2D eigenvalue weighted by Gasteiger charge is -2.07. The fourth-order valence-electron chi connectivity index (χ4n) is 2.54. The van der Waals surface area contributed by atoms with Gasteiger partial charge >= 0.3 is 5.97 Å². The smallest absolute Gasteiger partial charge is 0.341 e. The maximum atomic E-state index is 12.1. The minimum absolute atomic E-state index is 0.0542. The van der Waals surface area contributed by atoms with Gasteiger partial charge in [-0.1, -0.05) is 6.42 Å². The maximum absolute atomic E-state index is 12.1. The Hall–Kier alpha value is -1.05. The van der Waals surface area contributed by atoms with E-state index in [4.69, 9.17) is 9.84 Å². The molecule has 0 atom stereocenters. The van der Waals surface area contributed by atoms with Crippen LogP contribution in [-0.4, -0.2) is 42.2 Å². The topological polar surface area (TPSA) is 75.6 Å². The molecule has 1 aliphatic rings. The number of aryl methyl sites for hydroxylation is 1. The fraction of sp³-hybridized carbons (Fsp3) is 0.600. The second-order valence-electron chi connectivity index (χ2n) is 5.08. The van der Waals surface area contributed by atoms with Crippen molar-refractivity contribution in [2.75, 3.05) is 30.5 Å². The zero-order valence-electron chi connectivity index (χ0n) is 12.6. The molecule has 0 bridgehead atoms. The van der Waals surface area contributed by atoms with E-state index in [1.54, 1.807) is 0 Å². The molecule has 0 saturated carbocycles. The van der Waals surface area contributed by atoms with Crippen LogP contribution >= 0.6 is 23.1 Å². The standard InChI is InChI=1S/C15H21NO4S2/c1-20-15(19)13-10-5-3-2-4-6-11(10)22-14(13)16-12(18)9-21-8-7-17/h17H,2-9H2,1H3,(H,16,18). The van der Waals surface area contributed by atoms with Gasteiger partial charge < -0.3 is 15.2 Å². The van der Waals surface area contributed by atoms with Crippen LogP contribution in [0.15, 0.2) is 0 Å². The lowest BCUT2D eigenvalue weighted by Crippen LogP contribution is -2.16. The molecule has 122 valence electrons. The van der Waals surface area contributed by atoms with Crippen LogP contribution in [0.4, 0.5) is 5.00 Å². The first-order valence-corrected chi connectivity index (χ1v) is 9.35. The Kier molecular flexibility index (Phi) is 6.72. The van der Waals surface area contributed by atoms with Crippen molar-refractivity contribution >= 4 is 40.0 Å². The molecule has 1 aliphatic carbocycles. The van der Waals surface area contributed by atoms with Crippen molar-refractivity contribution in [2.24, 2.45) is 0 Å². The zero-order chi connectivity index (χ0) is 15.9. The molecule has 2 rings (SSSR count). The number of carbonyl (C=O) groups excluding carboxylic acids is 2. The first-order chi connectivity index (χ1) is 10.7. The molecule has 1 amide bonds. The van der Waals surface area contributed by atoms with Gasteiger partial charge in [0.05, 0.1) is 25.0 Å². The average Bonchev–Trinajstić information content (AvgIpc) is 2.68. The lowest BCUT2D eigenvalue weighted by atomic mass is 10.1. The number of rotatable bonds is 6.